The van der Waals surface area contributed by atoms with Crippen molar-refractivity contribution in [2.45, 2.75) is 31.1 Å². The first-order valence-electron chi connectivity index (χ1n) is 8.97. The van der Waals surface area contributed by atoms with Crippen LogP contribution in [-0.2, 0) is 14.9 Å². The molecule has 0 aromatic heterocycles. The molecule has 0 saturated heterocycles. The van der Waals surface area contributed by atoms with E-state index in [1.807, 2.05) is 7.05 Å². The van der Waals surface area contributed by atoms with Crippen LogP contribution in [0.25, 0.3) is 0 Å². The third-order valence-electron chi connectivity index (χ3n) is 4.76. The van der Waals surface area contributed by atoms with Gasteiger partial charge in [-0.05, 0) is 37.0 Å². The molecule has 2 rings (SSSR count). The summed E-state index contributed by atoms with van der Waals surface area (Å²) < 4.78 is 11.6. The average Bonchev–Trinajstić information content (AvgIpc) is 2.58. The first kappa shape index (κ1) is 20.2. The zero-order valence-electron chi connectivity index (χ0n) is 15.3. The molecule has 5 nitrogen and oxygen atoms in total. The van der Waals surface area contributed by atoms with Crippen molar-refractivity contribution in [3.05, 3.63) is 34.3 Å². The van der Waals surface area contributed by atoms with Gasteiger partial charge in [0.15, 0.2) is 5.96 Å². The molecule has 0 amide bonds. The number of ether oxygens (including phenoxy) is 2. The van der Waals surface area contributed by atoms with E-state index in [4.69, 9.17) is 9.47 Å². The van der Waals surface area contributed by atoms with Gasteiger partial charge in [0.1, 0.15) is 0 Å². The lowest BCUT2D eigenvalue weighted by Gasteiger charge is -2.43. The summed E-state index contributed by atoms with van der Waals surface area (Å²) in [6, 6.07) is 8.68. The van der Waals surface area contributed by atoms with Crippen LogP contribution in [0, 0.1) is 0 Å². The molecule has 1 fully saturated rings. The topological polar surface area (TPSA) is 54.9 Å². The normalized spacial score (nSPS) is 16.4. The maximum atomic E-state index is 5.47. The lowest BCUT2D eigenvalue weighted by molar-refractivity contribution is 0.0698. The van der Waals surface area contributed by atoms with Gasteiger partial charge in [0.25, 0.3) is 0 Å². The molecule has 0 unspecified atom stereocenters. The van der Waals surface area contributed by atoms with Crippen molar-refractivity contribution in [1.82, 2.24) is 10.6 Å². The highest BCUT2D eigenvalue weighted by Gasteiger charge is 2.38. The van der Waals surface area contributed by atoms with Crippen LogP contribution in [0.15, 0.2) is 33.7 Å². The molecule has 1 aliphatic rings. The number of benzene rings is 1. The van der Waals surface area contributed by atoms with Crippen molar-refractivity contribution in [2.24, 2.45) is 4.99 Å². The lowest BCUT2D eigenvalue weighted by atomic mass is 9.64. The van der Waals surface area contributed by atoms with Crippen LogP contribution in [0.1, 0.15) is 31.2 Å². The summed E-state index contributed by atoms with van der Waals surface area (Å²) in [7, 11) is 3.50. The Morgan fingerprint density at radius 1 is 1.24 bits per heavy atom. The van der Waals surface area contributed by atoms with Crippen molar-refractivity contribution < 1.29 is 9.47 Å². The van der Waals surface area contributed by atoms with E-state index in [9.17, 15) is 0 Å². The molecule has 0 aliphatic heterocycles. The van der Waals surface area contributed by atoms with E-state index in [0.717, 1.165) is 36.5 Å². The van der Waals surface area contributed by atoms with E-state index >= 15 is 0 Å². The first-order chi connectivity index (χ1) is 12.2. The summed E-state index contributed by atoms with van der Waals surface area (Å²) >= 11 is 3.59. The number of aliphatic imine (C=N–C) groups is 1. The van der Waals surface area contributed by atoms with E-state index in [2.05, 4.69) is 55.8 Å². The fourth-order valence-electron chi connectivity index (χ4n) is 3.09. The summed E-state index contributed by atoms with van der Waals surface area (Å²) in [5, 5.41) is 6.87. The average molecular weight is 412 g/mol. The molecule has 1 aliphatic carbocycles. The van der Waals surface area contributed by atoms with Crippen LogP contribution in [-0.4, -0.2) is 53.0 Å². The van der Waals surface area contributed by atoms with E-state index in [-0.39, 0.29) is 5.41 Å². The van der Waals surface area contributed by atoms with Crippen molar-refractivity contribution in [3.63, 3.8) is 0 Å². The van der Waals surface area contributed by atoms with Crippen LogP contribution in [0.3, 0.4) is 0 Å². The fourth-order valence-corrected chi connectivity index (χ4v) is 3.49. The molecule has 0 spiro atoms. The predicted molar refractivity (Wildman–Crippen MR) is 106 cm³/mol. The number of nitrogens with zero attached hydrogens (tertiary/aromatic N) is 1. The van der Waals surface area contributed by atoms with Gasteiger partial charge in [-0.25, -0.2) is 0 Å². The Labute approximate surface area is 159 Å². The van der Waals surface area contributed by atoms with Gasteiger partial charge < -0.3 is 20.1 Å². The Balaban J connectivity index is 1.74. The summed E-state index contributed by atoms with van der Waals surface area (Å²) in [5.74, 6) is 0.859. The SMILES string of the molecule is CN=C(NCCCOCCOC)NCC1(c2cccc(Br)c2)CCC1. The van der Waals surface area contributed by atoms with Crippen LogP contribution in [0.5, 0.6) is 0 Å². The second kappa shape index (κ2) is 10.8. The smallest absolute Gasteiger partial charge is 0.191 e. The van der Waals surface area contributed by atoms with Gasteiger partial charge in [0, 0.05) is 43.7 Å². The standard InChI is InChI=1S/C19H30BrN3O2/c1-21-18(22-10-5-11-25-13-12-24-2)23-15-19(8-4-9-19)16-6-3-7-17(20)14-16/h3,6-7,14H,4-5,8-13,15H2,1-2H3,(H2,21,22,23). The summed E-state index contributed by atoms with van der Waals surface area (Å²) in [4.78, 5) is 4.33. The van der Waals surface area contributed by atoms with Crippen molar-refractivity contribution in [2.75, 3.05) is 47.1 Å². The minimum Gasteiger partial charge on any atom is -0.382 e. The molecule has 1 aromatic rings. The summed E-state index contributed by atoms with van der Waals surface area (Å²) in [6.45, 7) is 3.78. The van der Waals surface area contributed by atoms with Gasteiger partial charge in [-0.2, -0.15) is 0 Å². The highest BCUT2D eigenvalue weighted by Crippen LogP contribution is 2.43. The molecule has 140 valence electrons. The molecule has 1 aromatic carbocycles. The number of halogens is 1. The summed E-state index contributed by atoms with van der Waals surface area (Å²) in [6.07, 6.45) is 4.68. The number of hydrogen-bond acceptors (Lipinski definition) is 3. The van der Waals surface area contributed by atoms with E-state index in [1.165, 1.54) is 24.8 Å². The highest BCUT2D eigenvalue weighted by molar-refractivity contribution is 9.10. The number of nitrogens with one attached hydrogen (secondary N) is 2. The second-order valence-electron chi connectivity index (χ2n) is 6.46. The van der Waals surface area contributed by atoms with E-state index in [1.54, 1.807) is 7.11 Å². The minimum absolute atomic E-state index is 0.227. The molecule has 0 atom stereocenters. The highest BCUT2D eigenvalue weighted by atomic mass is 79.9. The monoisotopic (exact) mass is 411 g/mol. The van der Waals surface area contributed by atoms with Crippen molar-refractivity contribution in [1.29, 1.82) is 0 Å². The molecular formula is C19H30BrN3O2. The van der Waals surface area contributed by atoms with Gasteiger partial charge in [0.05, 0.1) is 13.2 Å². The minimum atomic E-state index is 0.227. The van der Waals surface area contributed by atoms with Gasteiger partial charge in [-0.3, -0.25) is 4.99 Å². The fraction of sp³-hybridized carbons (Fsp3) is 0.632. The maximum Gasteiger partial charge on any atom is 0.191 e. The second-order valence-corrected chi connectivity index (χ2v) is 7.37. The van der Waals surface area contributed by atoms with Crippen LogP contribution in [0.4, 0.5) is 0 Å². The number of hydrogen-bond donors (Lipinski definition) is 2. The van der Waals surface area contributed by atoms with E-state index < -0.39 is 0 Å². The van der Waals surface area contributed by atoms with Gasteiger partial charge in [-0.15, -0.1) is 0 Å². The third-order valence-corrected chi connectivity index (χ3v) is 5.25. The molecule has 1 saturated carbocycles. The zero-order valence-corrected chi connectivity index (χ0v) is 16.9. The number of methoxy groups -OCH3 is 1. The van der Waals surface area contributed by atoms with Gasteiger partial charge >= 0.3 is 0 Å². The first-order valence-corrected chi connectivity index (χ1v) is 9.77. The molecule has 0 heterocycles. The Morgan fingerprint density at radius 3 is 2.72 bits per heavy atom. The molecule has 0 bridgehead atoms. The van der Waals surface area contributed by atoms with Crippen LogP contribution >= 0.6 is 15.9 Å². The Bertz CT molecular complexity index is 547. The van der Waals surface area contributed by atoms with Crippen LogP contribution in [0.2, 0.25) is 0 Å². The third kappa shape index (κ3) is 6.28. The molecule has 6 heteroatoms. The lowest BCUT2D eigenvalue weighted by Crippen LogP contribution is -2.49. The van der Waals surface area contributed by atoms with Crippen LogP contribution < -0.4 is 10.6 Å². The molecule has 2 N–H and O–H groups in total. The molecule has 25 heavy (non-hydrogen) atoms. The zero-order chi connectivity index (χ0) is 18.0. The van der Waals surface area contributed by atoms with Crippen molar-refractivity contribution in [3.8, 4) is 0 Å². The number of rotatable bonds is 10. The van der Waals surface area contributed by atoms with E-state index in [0.29, 0.717) is 13.2 Å². The predicted octanol–water partition coefficient (Wildman–Crippen LogP) is 3.09. The molecule has 0 radical (unpaired) electrons. The maximum absolute atomic E-state index is 5.47. The van der Waals surface area contributed by atoms with Gasteiger partial charge in [-0.1, -0.05) is 34.5 Å². The Hall–Kier alpha value is -1.11. The van der Waals surface area contributed by atoms with Crippen molar-refractivity contribution >= 4 is 21.9 Å². The Kier molecular flexibility index (Phi) is 8.72. The van der Waals surface area contributed by atoms with Gasteiger partial charge in [0.2, 0.25) is 0 Å². The molecular weight excluding hydrogens is 382 g/mol. The number of guanidine groups is 1. The quantitative estimate of drug-likeness (QED) is 0.352. The Morgan fingerprint density at radius 2 is 2.08 bits per heavy atom. The largest absolute Gasteiger partial charge is 0.382 e. The summed E-state index contributed by atoms with van der Waals surface area (Å²) in [5.41, 5.74) is 1.63.